The maximum absolute atomic E-state index is 12.8. The highest BCUT2D eigenvalue weighted by Crippen LogP contribution is 2.29. The van der Waals surface area contributed by atoms with E-state index in [0.717, 1.165) is 29.3 Å². The van der Waals surface area contributed by atoms with E-state index >= 15 is 0 Å². The Morgan fingerprint density at radius 1 is 1.14 bits per heavy atom. The number of carbonyl (C=O) groups is 1. The van der Waals surface area contributed by atoms with Gasteiger partial charge in [0.05, 0.1) is 35.8 Å². The van der Waals surface area contributed by atoms with Crippen LogP contribution in [0, 0.1) is 20.8 Å². The third-order valence-corrected chi connectivity index (χ3v) is 4.25. The summed E-state index contributed by atoms with van der Waals surface area (Å²) >= 11 is 0. The number of benzene rings is 1. The third kappa shape index (κ3) is 4.19. The monoisotopic (exact) mass is 389 g/mol. The van der Waals surface area contributed by atoms with Crippen molar-refractivity contribution in [2.45, 2.75) is 33.4 Å². The molecule has 0 spiro atoms. The second-order valence-corrected chi connectivity index (χ2v) is 6.36. The molecule has 0 saturated carbocycles. The summed E-state index contributed by atoms with van der Waals surface area (Å²) in [5.74, 6) is 0.712. The number of anilines is 1. The second-order valence-electron chi connectivity index (χ2n) is 6.36. The number of rotatable bonds is 4. The molecule has 0 radical (unpaired) electrons. The van der Waals surface area contributed by atoms with Gasteiger partial charge in [0.25, 0.3) is 0 Å². The Morgan fingerprint density at radius 3 is 2.39 bits per heavy atom. The molecule has 3 rings (SSSR count). The van der Waals surface area contributed by atoms with Crippen LogP contribution in [0.15, 0.2) is 36.7 Å². The molecule has 0 unspecified atom stereocenters. The van der Waals surface area contributed by atoms with E-state index in [1.807, 2.05) is 20.8 Å². The van der Waals surface area contributed by atoms with E-state index in [-0.39, 0.29) is 12.0 Å². The summed E-state index contributed by atoms with van der Waals surface area (Å²) in [6.45, 7) is 5.64. The van der Waals surface area contributed by atoms with Crippen molar-refractivity contribution in [3.8, 4) is 5.95 Å². The quantitative estimate of drug-likeness (QED) is 0.737. The number of imidazole rings is 1. The standard InChI is InChI=1S/C19H18F3N5O/c1-11-12(2)27(13(3)25-11)18-23-9-16(10-24-18)26-17(28)8-14-5-4-6-15(7-14)19(20,21)22/h4-7,9-10H,8H2,1-3H3,(H,26,28). The van der Waals surface area contributed by atoms with Crippen molar-refractivity contribution < 1.29 is 18.0 Å². The van der Waals surface area contributed by atoms with Gasteiger partial charge in [-0.25, -0.2) is 15.0 Å². The summed E-state index contributed by atoms with van der Waals surface area (Å²) in [5, 5.41) is 2.59. The highest BCUT2D eigenvalue weighted by atomic mass is 19.4. The molecule has 1 aromatic carbocycles. The number of carbonyl (C=O) groups excluding carboxylic acids is 1. The van der Waals surface area contributed by atoms with Gasteiger partial charge in [-0.3, -0.25) is 9.36 Å². The van der Waals surface area contributed by atoms with E-state index in [4.69, 9.17) is 0 Å². The zero-order valence-corrected chi connectivity index (χ0v) is 15.5. The molecular formula is C19H18F3N5O. The van der Waals surface area contributed by atoms with Crippen LogP contribution in [0.25, 0.3) is 5.95 Å². The molecule has 28 heavy (non-hydrogen) atoms. The molecule has 0 aliphatic rings. The maximum atomic E-state index is 12.8. The van der Waals surface area contributed by atoms with Gasteiger partial charge in [0, 0.05) is 5.69 Å². The lowest BCUT2D eigenvalue weighted by Crippen LogP contribution is -2.16. The zero-order valence-electron chi connectivity index (χ0n) is 15.5. The minimum absolute atomic E-state index is 0.190. The number of halogens is 3. The van der Waals surface area contributed by atoms with Crippen molar-refractivity contribution in [2.75, 3.05) is 5.32 Å². The average molecular weight is 389 g/mol. The average Bonchev–Trinajstić information content (AvgIpc) is 2.87. The van der Waals surface area contributed by atoms with Crippen molar-refractivity contribution in [1.29, 1.82) is 0 Å². The predicted molar refractivity (Wildman–Crippen MR) is 97.1 cm³/mol. The molecule has 0 fully saturated rings. The number of hydrogen-bond acceptors (Lipinski definition) is 4. The van der Waals surface area contributed by atoms with Crippen molar-refractivity contribution in [3.05, 3.63) is 65.0 Å². The third-order valence-electron chi connectivity index (χ3n) is 4.25. The number of alkyl halides is 3. The van der Waals surface area contributed by atoms with E-state index in [1.54, 1.807) is 4.57 Å². The summed E-state index contributed by atoms with van der Waals surface area (Å²) in [4.78, 5) is 25.0. The lowest BCUT2D eigenvalue weighted by Gasteiger charge is -2.10. The molecule has 3 aromatic rings. The minimum Gasteiger partial charge on any atom is -0.323 e. The van der Waals surface area contributed by atoms with E-state index in [1.165, 1.54) is 24.5 Å². The van der Waals surface area contributed by atoms with E-state index in [2.05, 4.69) is 20.3 Å². The van der Waals surface area contributed by atoms with Crippen LogP contribution in [-0.4, -0.2) is 25.4 Å². The Labute approximate surface area is 159 Å². The van der Waals surface area contributed by atoms with Gasteiger partial charge < -0.3 is 5.32 Å². The fourth-order valence-electron chi connectivity index (χ4n) is 2.82. The van der Waals surface area contributed by atoms with E-state index < -0.39 is 17.6 Å². The Bertz CT molecular complexity index is 1010. The van der Waals surface area contributed by atoms with Crippen molar-refractivity contribution in [1.82, 2.24) is 19.5 Å². The zero-order chi connectivity index (χ0) is 20.5. The Kier molecular flexibility index (Phi) is 5.17. The first-order chi connectivity index (χ1) is 13.1. The lowest BCUT2D eigenvalue weighted by molar-refractivity contribution is -0.137. The Balaban J connectivity index is 1.70. The van der Waals surface area contributed by atoms with E-state index in [9.17, 15) is 18.0 Å². The fourth-order valence-corrected chi connectivity index (χ4v) is 2.82. The van der Waals surface area contributed by atoms with Crippen LogP contribution in [0.4, 0.5) is 18.9 Å². The lowest BCUT2D eigenvalue weighted by atomic mass is 10.1. The van der Waals surface area contributed by atoms with Crippen LogP contribution < -0.4 is 5.32 Å². The first kappa shape index (κ1) is 19.5. The van der Waals surface area contributed by atoms with Gasteiger partial charge in [-0.1, -0.05) is 18.2 Å². The van der Waals surface area contributed by atoms with Crippen LogP contribution in [-0.2, 0) is 17.4 Å². The minimum atomic E-state index is -4.45. The number of nitrogens with zero attached hydrogens (tertiary/aromatic N) is 4. The molecule has 0 aliphatic carbocycles. The number of nitrogens with one attached hydrogen (secondary N) is 1. The van der Waals surface area contributed by atoms with Crippen LogP contribution in [0.1, 0.15) is 28.3 Å². The number of aromatic nitrogens is 4. The molecule has 1 N–H and O–H groups in total. The number of aryl methyl sites for hydroxylation is 2. The fraction of sp³-hybridized carbons (Fsp3) is 0.263. The molecule has 9 heteroatoms. The molecule has 1 amide bonds. The molecule has 146 valence electrons. The number of hydrogen-bond donors (Lipinski definition) is 1. The van der Waals surface area contributed by atoms with Gasteiger partial charge in [-0.15, -0.1) is 0 Å². The largest absolute Gasteiger partial charge is 0.416 e. The summed E-state index contributed by atoms with van der Waals surface area (Å²) in [6.07, 6.45) is -1.75. The molecule has 0 bridgehead atoms. The van der Waals surface area contributed by atoms with Gasteiger partial charge in [0.1, 0.15) is 5.82 Å². The highest BCUT2D eigenvalue weighted by molar-refractivity contribution is 5.91. The summed E-state index contributed by atoms with van der Waals surface area (Å²) in [7, 11) is 0. The number of amides is 1. The molecule has 2 heterocycles. The van der Waals surface area contributed by atoms with Crippen molar-refractivity contribution >= 4 is 11.6 Å². The summed E-state index contributed by atoms with van der Waals surface area (Å²) < 4.78 is 40.1. The van der Waals surface area contributed by atoms with Gasteiger partial charge in [0.2, 0.25) is 11.9 Å². The van der Waals surface area contributed by atoms with Gasteiger partial charge >= 0.3 is 6.18 Å². The Hall–Kier alpha value is -3.23. The Morgan fingerprint density at radius 2 is 1.82 bits per heavy atom. The van der Waals surface area contributed by atoms with Crippen molar-refractivity contribution in [3.63, 3.8) is 0 Å². The van der Waals surface area contributed by atoms with Gasteiger partial charge in [-0.05, 0) is 32.4 Å². The predicted octanol–water partition coefficient (Wildman–Crippen LogP) is 3.79. The molecule has 0 aliphatic heterocycles. The first-order valence-electron chi connectivity index (χ1n) is 8.46. The van der Waals surface area contributed by atoms with Crippen LogP contribution in [0.3, 0.4) is 0 Å². The van der Waals surface area contributed by atoms with Crippen LogP contribution >= 0.6 is 0 Å². The topological polar surface area (TPSA) is 72.7 Å². The molecular weight excluding hydrogens is 371 g/mol. The SMILES string of the molecule is Cc1nc(C)n(-c2ncc(NC(=O)Cc3cccc(C(F)(F)F)c3)cn2)c1C. The molecule has 0 saturated heterocycles. The summed E-state index contributed by atoms with van der Waals surface area (Å²) in [6, 6.07) is 4.68. The normalized spacial score (nSPS) is 11.5. The van der Waals surface area contributed by atoms with Gasteiger partial charge in [-0.2, -0.15) is 13.2 Å². The smallest absolute Gasteiger partial charge is 0.323 e. The highest BCUT2D eigenvalue weighted by Gasteiger charge is 2.30. The van der Waals surface area contributed by atoms with Gasteiger partial charge in [0.15, 0.2) is 0 Å². The van der Waals surface area contributed by atoms with E-state index in [0.29, 0.717) is 11.6 Å². The first-order valence-corrected chi connectivity index (χ1v) is 8.46. The molecule has 2 aromatic heterocycles. The summed E-state index contributed by atoms with van der Waals surface area (Å²) in [5.41, 5.74) is 1.63. The second kappa shape index (κ2) is 7.41. The maximum Gasteiger partial charge on any atom is 0.416 e. The molecule has 0 atom stereocenters. The van der Waals surface area contributed by atoms with Crippen LogP contribution in [0.5, 0.6) is 0 Å². The van der Waals surface area contributed by atoms with Crippen molar-refractivity contribution in [2.24, 2.45) is 0 Å². The van der Waals surface area contributed by atoms with Crippen LogP contribution in [0.2, 0.25) is 0 Å². The molecule has 6 nitrogen and oxygen atoms in total.